The van der Waals surface area contributed by atoms with Crippen molar-refractivity contribution < 1.29 is 23.9 Å². The third-order valence-corrected chi connectivity index (χ3v) is 4.50. The minimum atomic E-state index is -1.03. The molecule has 0 spiro atoms. The molecular formula is C22H24N2O5. The van der Waals surface area contributed by atoms with Crippen molar-refractivity contribution in [1.29, 1.82) is 0 Å². The molecule has 7 nitrogen and oxygen atoms in total. The number of nitrogens with one attached hydrogen (secondary N) is 1. The number of hydrogen-bond acceptors (Lipinski definition) is 5. The van der Waals surface area contributed by atoms with E-state index in [1.807, 2.05) is 0 Å². The fourth-order valence-electron chi connectivity index (χ4n) is 3.21. The number of imide groups is 1. The molecule has 0 fully saturated rings. The molecule has 29 heavy (non-hydrogen) atoms. The third kappa shape index (κ3) is 4.08. The molecule has 3 rings (SSSR count). The summed E-state index contributed by atoms with van der Waals surface area (Å²) < 4.78 is 10.5. The average molecular weight is 396 g/mol. The van der Waals surface area contributed by atoms with Crippen molar-refractivity contribution in [1.82, 2.24) is 10.2 Å². The number of carbonyl (C=O) groups is 3. The number of aryl methyl sites for hydroxylation is 1. The van der Waals surface area contributed by atoms with Gasteiger partial charge < -0.3 is 9.47 Å². The molecular weight excluding hydrogens is 372 g/mol. The van der Waals surface area contributed by atoms with Crippen LogP contribution < -0.4 is 10.1 Å². The van der Waals surface area contributed by atoms with Crippen molar-refractivity contribution in [2.45, 2.75) is 39.5 Å². The number of ether oxygens (including phenoxy) is 2. The van der Waals surface area contributed by atoms with Gasteiger partial charge in [0.2, 0.25) is 0 Å². The van der Waals surface area contributed by atoms with Gasteiger partial charge in [0.15, 0.2) is 0 Å². The zero-order chi connectivity index (χ0) is 21.3. The first-order valence-corrected chi connectivity index (χ1v) is 9.23. The van der Waals surface area contributed by atoms with E-state index in [4.69, 9.17) is 9.47 Å². The summed E-state index contributed by atoms with van der Waals surface area (Å²) in [4.78, 5) is 39.7. The molecule has 7 heteroatoms. The normalized spacial score (nSPS) is 14.4. The van der Waals surface area contributed by atoms with E-state index in [0.717, 1.165) is 4.90 Å². The Kier molecular flexibility index (Phi) is 5.33. The van der Waals surface area contributed by atoms with Crippen molar-refractivity contribution in [3.8, 4) is 5.75 Å². The maximum atomic E-state index is 13.1. The number of methoxy groups -OCH3 is 1. The zero-order valence-electron chi connectivity index (χ0n) is 17.1. The lowest BCUT2D eigenvalue weighted by molar-refractivity contribution is 0.0385. The fourth-order valence-corrected chi connectivity index (χ4v) is 3.21. The molecule has 0 aliphatic carbocycles. The van der Waals surface area contributed by atoms with Crippen molar-refractivity contribution in [2.75, 3.05) is 7.11 Å². The van der Waals surface area contributed by atoms with Gasteiger partial charge in [-0.3, -0.25) is 14.9 Å². The number of fused-ring (bicyclic) bond motifs is 1. The molecule has 2 aromatic carbocycles. The van der Waals surface area contributed by atoms with Crippen LogP contribution >= 0.6 is 0 Å². The number of nitrogens with zero attached hydrogens (tertiary/aromatic N) is 1. The van der Waals surface area contributed by atoms with Crippen LogP contribution in [0.4, 0.5) is 4.79 Å². The minimum Gasteiger partial charge on any atom is -0.497 e. The van der Waals surface area contributed by atoms with Crippen LogP contribution in [0, 0.1) is 6.92 Å². The molecule has 0 bridgehead atoms. The van der Waals surface area contributed by atoms with Crippen molar-refractivity contribution in [3.05, 3.63) is 64.7 Å². The van der Waals surface area contributed by atoms with Crippen LogP contribution in [0.5, 0.6) is 5.75 Å². The van der Waals surface area contributed by atoms with Gasteiger partial charge in [0.1, 0.15) is 17.5 Å². The van der Waals surface area contributed by atoms with Gasteiger partial charge in [-0.1, -0.05) is 24.3 Å². The van der Waals surface area contributed by atoms with E-state index in [1.165, 1.54) is 0 Å². The second-order valence-electron chi connectivity index (χ2n) is 7.80. The predicted octanol–water partition coefficient (Wildman–Crippen LogP) is 3.82. The number of hydrogen-bond donors (Lipinski definition) is 1. The summed E-state index contributed by atoms with van der Waals surface area (Å²) in [5, 5.41) is 2.67. The van der Waals surface area contributed by atoms with Gasteiger partial charge >= 0.3 is 6.09 Å². The Hall–Kier alpha value is -3.35. The number of carbonyl (C=O) groups excluding carboxylic acids is 3. The quantitative estimate of drug-likeness (QED) is 0.794. The highest BCUT2D eigenvalue weighted by molar-refractivity contribution is 6.22. The van der Waals surface area contributed by atoms with E-state index >= 15 is 0 Å². The smallest absolute Gasteiger partial charge is 0.409 e. The Morgan fingerprint density at radius 3 is 2.24 bits per heavy atom. The lowest BCUT2D eigenvalue weighted by Gasteiger charge is -2.29. The third-order valence-electron chi connectivity index (χ3n) is 4.50. The average Bonchev–Trinajstić information content (AvgIpc) is 2.90. The van der Waals surface area contributed by atoms with Gasteiger partial charge in [-0.15, -0.1) is 0 Å². The van der Waals surface area contributed by atoms with Crippen LogP contribution in [0.3, 0.4) is 0 Å². The lowest BCUT2D eigenvalue weighted by atomic mass is 10.0. The molecule has 1 aliphatic heterocycles. The van der Waals surface area contributed by atoms with Crippen LogP contribution in [0.1, 0.15) is 58.8 Å². The molecule has 0 radical (unpaired) electrons. The van der Waals surface area contributed by atoms with Crippen molar-refractivity contribution >= 4 is 17.9 Å². The van der Waals surface area contributed by atoms with Gasteiger partial charge in [-0.25, -0.2) is 9.69 Å². The first-order valence-electron chi connectivity index (χ1n) is 9.23. The number of alkyl carbamates (subject to hydrolysis) is 1. The SMILES string of the molecule is COc1ccc(C(NC(=O)OC(C)(C)C)N2C(=O)c3cccc(C)c3C2=O)cc1. The maximum Gasteiger partial charge on any atom is 0.409 e. The highest BCUT2D eigenvalue weighted by Crippen LogP contribution is 2.32. The Bertz CT molecular complexity index is 960. The Morgan fingerprint density at radius 2 is 1.69 bits per heavy atom. The Balaban J connectivity index is 2.01. The van der Waals surface area contributed by atoms with E-state index in [-0.39, 0.29) is 0 Å². The highest BCUT2D eigenvalue weighted by atomic mass is 16.6. The Labute approximate surface area is 169 Å². The van der Waals surface area contributed by atoms with Gasteiger partial charge in [0.05, 0.1) is 18.2 Å². The van der Waals surface area contributed by atoms with E-state index in [9.17, 15) is 14.4 Å². The van der Waals surface area contributed by atoms with Crippen LogP contribution in [-0.4, -0.2) is 35.5 Å². The van der Waals surface area contributed by atoms with Crippen LogP contribution in [0.15, 0.2) is 42.5 Å². The molecule has 1 unspecified atom stereocenters. The predicted molar refractivity (Wildman–Crippen MR) is 107 cm³/mol. The molecule has 1 atom stereocenters. The van der Waals surface area contributed by atoms with Gasteiger partial charge in [0.25, 0.3) is 11.8 Å². The summed E-state index contributed by atoms with van der Waals surface area (Å²) in [5.41, 5.74) is 1.19. The maximum absolute atomic E-state index is 13.1. The van der Waals surface area contributed by atoms with E-state index < -0.39 is 29.7 Å². The molecule has 1 aliphatic rings. The summed E-state index contributed by atoms with van der Waals surface area (Å²) in [7, 11) is 1.54. The van der Waals surface area contributed by atoms with Gasteiger partial charge in [-0.05, 0) is 57.0 Å². The summed E-state index contributed by atoms with van der Waals surface area (Å²) in [5.74, 6) is -0.312. The molecule has 2 aromatic rings. The highest BCUT2D eigenvalue weighted by Gasteiger charge is 2.42. The zero-order valence-corrected chi connectivity index (χ0v) is 17.1. The minimum absolute atomic E-state index is 0.319. The standard InChI is InChI=1S/C22H24N2O5/c1-13-7-6-8-16-17(13)20(26)24(19(16)25)18(23-21(27)29-22(2,3)4)14-9-11-15(28-5)12-10-14/h6-12,18H,1-5H3,(H,23,27). The topological polar surface area (TPSA) is 84.9 Å². The second kappa shape index (κ2) is 7.58. The Morgan fingerprint density at radius 1 is 1.03 bits per heavy atom. The van der Waals surface area contributed by atoms with Gasteiger partial charge in [-0.2, -0.15) is 0 Å². The second-order valence-corrected chi connectivity index (χ2v) is 7.80. The monoisotopic (exact) mass is 396 g/mol. The number of amides is 3. The summed E-state index contributed by atoms with van der Waals surface area (Å²) in [6, 6.07) is 11.9. The van der Waals surface area contributed by atoms with E-state index in [0.29, 0.717) is 28.0 Å². The molecule has 1 N–H and O–H groups in total. The summed E-state index contributed by atoms with van der Waals surface area (Å²) in [6.07, 6.45) is -1.76. The number of benzene rings is 2. The molecule has 152 valence electrons. The molecule has 1 heterocycles. The van der Waals surface area contributed by atoms with E-state index in [2.05, 4.69) is 5.32 Å². The summed E-state index contributed by atoms with van der Waals surface area (Å²) in [6.45, 7) is 6.98. The molecule has 3 amide bonds. The number of rotatable bonds is 4. The fraction of sp³-hybridized carbons (Fsp3) is 0.318. The van der Waals surface area contributed by atoms with Crippen molar-refractivity contribution in [3.63, 3.8) is 0 Å². The van der Waals surface area contributed by atoms with Crippen LogP contribution in [-0.2, 0) is 4.74 Å². The van der Waals surface area contributed by atoms with Crippen LogP contribution in [0.2, 0.25) is 0 Å². The largest absolute Gasteiger partial charge is 0.497 e. The van der Waals surface area contributed by atoms with Gasteiger partial charge in [0, 0.05) is 0 Å². The molecule has 0 saturated heterocycles. The first kappa shape index (κ1) is 20.4. The lowest BCUT2D eigenvalue weighted by Crippen LogP contribution is -2.45. The summed E-state index contributed by atoms with van der Waals surface area (Å²) >= 11 is 0. The van der Waals surface area contributed by atoms with Crippen LogP contribution in [0.25, 0.3) is 0 Å². The first-order chi connectivity index (χ1) is 13.6. The molecule has 0 aromatic heterocycles. The molecule has 0 saturated carbocycles. The van der Waals surface area contributed by atoms with Crippen molar-refractivity contribution in [2.24, 2.45) is 0 Å². The van der Waals surface area contributed by atoms with E-state index in [1.54, 1.807) is 77.3 Å².